The van der Waals surface area contributed by atoms with E-state index in [1.54, 1.807) is 19.3 Å². The van der Waals surface area contributed by atoms with Crippen LogP contribution in [0, 0.1) is 0 Å². The van der Waals surface area contributed by atoms with Crippen LogP contribution in [0.4, 0.5) is 0 Å². The van der Waals surface area contributed by atoms with Crippen LogP contribution in [0.2, 0.25) is 0 Å². The summed E-state index contributed by atoms with van der Waals surface area (Å²) in [5, 5.41) is 0. The van der Waals surface area contributed by atoms with Gasteiger partial charge in [-0.1, -0.05) is 0 Å². The van der Waals surface area contributed by atoms with E-state index in [1.165, 1.54) is 5.56 Å². The van der Waals surface area contributed by atoms with Crippen LogP contribution in [0.15, 0.2) is 24.5 Å². The molecule has 0 bridgehead atoms. The number of pyridine rings is 1. The van der Waals surface area contributed by atoms with Crippen LogP contribution in [0.1, 0.15) is 25.3 Å². The molecular formula is C15H22N2O3. The summed E-state index contributed by atoms with van der Waals surface area (Å²) in [4.78, 5) is 28.8. The van der Waals surface area contributed by atoms with Gasteiger partial charge >= 0.3 is 5.97 Å². The lowest BCUT2D eigenvalue weighted by atomic mass is 10.2. The van der Waals surface area contributed by atoms with E-state index < -0.39 is 0 Å². The van der Waals surface area contributed by atoms with E-state index in [2.05, 4.69) is 4.98 Å². The number of hydrogen-bond acceptors (Lipinski definition) is 5. The Labute approximate surface area is 119 Å². The van der Waals surface area contributed by atoms with Crippen LogP contribution in [-0.2, 0) is 20.7 Å². The zero-order chi connectivity index (χ0) is 14.8. The fourth-order valence-corrected chi connectivity index (χ4v) is 1.80. The van der Waals surface area contributed by atoms with Crippen LogP contribution in [0.25, 0.3) is 0 Å². The molecule has 0 aliphatic rings. The minimum Gasteiger partial charge on any atom is -0.466 e. The maximum atomic E-state index is 11.7. The quantitative estimate of drug-likeness (QED) is 0.640. The maximum absolute atomic E-state index is 11.7. The summed E-state index contributed by atoms with van der Waals surface area (Å²) in [6.45, 7) is 3.28. The Morgan fingerprint density at radius 1 is 1.25 bits per heavy atom. The Morgan fingerprint density at radius 2 is 1.95 bits per heavy atom. The van der Waals surface area contributed by atoms with E-state index >= 15 is 0 Å². The summed E-state index contributed by atoms with van der Waals surface area (Å²) in [6.07, 6.45) is 4.83. The average molecular weight is 278 g/mol. The van der Waals surface area contributed by atoms with Gasteiger partial charge in [0.25, 0.3) is 0 Å². The van der Waals surface area contributed by atoms with Crippen molar-refractivity contribution in [3.05, 3.63) is 30.1 Å². The molecule has 0 aromatic carbocycles. The first-order chi connectivity index (χ1) is 9.61. The highest BCUT2D eigenvalue weighted by molar-refractivity contribution is 5.84. The first-order valence-corrected chi connectivity index (χ1v) is 6.86. The topological polar surface area (TPSA) is 59.5 Å². The normalized spacial score (nSPS) is 10.6. The second kappa shape index (κ2) is 9.20. The summed E-state index contributed by atoms with van der Waals surface area (Å²) < 4.78 is 4.79. The molecular weight excluding hydrogens is 256 g/mol. The zero-order valence-electron chi connectivity index (χ0n) is 12.2. The minimum atomic E-state index is -0.305. The van der Waals surface area contributed by atoms with Crippen molar-refractivity contribution in [1.82, 2.24) is 9.88 Å². The minimum absolute atomic E-state index is 0.0651. The fourth-order valence-electron chi connectivity index (χ4n) is 1.80. The van der Waals surface area contributed by atoms with E-state index in [-0.39, 0.29) is 24.6 Å². The molecule has 0 aliphatic heterocycles. The largest absolute Gasteiger partial charge is 0.466 e. The molecule has 1 rings (SSSR count). The average Bonchev–Trinajstić information content (AvgIpc) is 2.44. The maximum Gasteiger partial charge on any atom is 0.306 e. The molecule has 1 heterocycles. The molecule has 0 spiro atoms. The number of nitrogens with zero attached hydrogens (tertiary/aromatic N) is 2. The predicted octanol–water partition coefficient (Wildman–Crippen LogP) is 1.47. The third-order valence-corrected chi connectivity index (χ3v) is 2.89. The summed E-state index contributed by atoms with van der Waals surface area (Å²) >= 11 is 0. The van der Waals surface area contributed by atoms with E-state index in [9.17, 15) is 9.59 Å². The Morgan fingerprint density at radius 3 is 2.60 bits per heavy atom. The van der Waals surface area contributed by atoms with Gasteiger partial charge in [0.1, 0.15) is 5.78 Å². The molecule has 0 aliphatic carbocycles. The number of hydrogen-bond donors (Lipinski definition) is 0. The number of Topliss-reactive ketones (excluding diaryl/α,β-unsaturated/α-hetero) is 1. The Balaban J connectivity index is 2.19. The number of aromatic nitrogens is 1. The van der Waals surface area contributed by atoms with E-state index in [1.807, 2.05) is 24.1 Å². The number of carbonyl (C=O) groups is 2. The SMILES string of the molecule is CCOC(=O)CCC(=O)CN(C)CCc1ccncc1. The summed E-state index contributed by atoms with van der Waals surface area (Å²) in [5.74, 6) is -0.240. The highest BCUT2D eigenvalue weighted by Crippen LogP contribution is 2.00. The van der Waals surface area contributed by atoms with Gasteiger partial charge in [0.05, 0.1) is 19.6 Å². The highest BCUT2D eigenvalue weighted by atomic mass is 16.5. The van der Waals surface area contributed by atoms with Crippen molar-refractivity contribution < 1.29 is 14.3 Å². The van der Waals surface area contributed by atoms with E-state index in [4.69, 9.17) is 4.74 Å². The molecule has 20 heavy (non-hydrogen) atoms. The van der Waals surface area contributed by atoms with Crippen molar-refractivity contribution in [2.45, 2.75) is 26.2 Å². The Hall–Kier alpha value is -1.75. The molecule has 1 aromatic heterocycles. The van der Waals surface area contributed by atoms with Crippen molar-refractivity contribution in [3.8, 4) is 0 Å². The standard InChI is InChI=1S/C15H22N2O3/c1-3-20-15(19)5-4-14(18)12-17(2)11-8-13-6-9-16-10-7-13/h6-7,9-10H,3-5,8,11-12H2,1-2H3. The van der Waals surface area contributed by atoms with Gasteiger partial charge in [-0.3, -0.25) is 19.5 Å². The molecule has 5 heteroatoms. The zero-order valence-corrected chi connectivity index (χ0v) is 12.2. The van der Waals surface area contributed by atoms with Gasteiger partial charge in [0.2, 0.25) is 0 Å². The molecule has 1 aromatic rings. The predicted molar refractivity (Wildman–Crippen MR) is 76.3 cm³/mol. The van der Waals surface area contributed by atoms with E-state index in [0.29, 0.717) is 13.2 Å². The van der Waals surface area contributed by atoms with Gasteiger partial charge < -0.3 is 4.74 Å². The smallest absolute Gasteiger partial charge is 0.306 e. The van der Waals surface area contributed by atoms with Crippen molar-refractivity contribution in [2.24, 2.45) is 0 Å². The van der Waals surface area contributed by atoms with Crippen LogP contribution in [0.3, 0.4) is 0 Å². The molecule has 0 saturated carbocycles. The first-order valence-electron chi connectivity index (χ1n) is 6.86. The second-order valence-corrected chi connectivity index (χ2v) is 4.69. The van der Waals surface area contributed by atoms with Gasteiger partial charge in [-0.25, -0.2) is 0 Å². The number of ether oxygens (including phenoxy) is 1. The van der Waals surface area contributed by atoms with Crippen LogP contribution >= 0.6 is 0 Å². The fraction of sp³-hybridized carbons (Fsp3) is 0.533. The third-order valence-electron chi connectivity index (χ3n) is 2.89. The molecule has 0 amide bonds. The number of rotatable bonds is 9. The Kier molecular flexibility index (Phi) is 7.50. The number of ketones is 1. The second-order valence-electron chi connectivity index (χ2n) is 4.69. The molecule has 0 fully saturated rings. The molecule has 0 atom stereocenters. The third kappa shape index (κ3) is 6.99. The molecule has 0 saturated heterocycles. The van der Waals surface area contributed by atoms with Crippen LogP contribution < -0.4 is 0 Å². The molecule has 110 valence electrons. The van der Waals surface area contributed by atoms with Crippen LogP contribution in [-0.4, -0.2) is 48.4 Å². The Bertz CT molecular complexity index is 420. The number of carbonyl (C=O) groups excluding carboxylic acids is 2. The van der Waals surface area contributed by atoms with Crippen molar-refractivity contribution in [1.29, 1.82) is 0 Å². The summed E-state index contributed by atoms with van der Waals surface area (Å²) in [5.41, 5.74) is 1.20. The van der Waals surface area contributed by atoms with Crippen molar-refractivity contribution in [2.75, 3.05) is 26.7 Å². The van der Waals surface area contributed by atoms with Gasteiger partial charge in [-0.05, 0) is 38.1 Å². The lowest BCUT2D eigenvalue weighted by Gasteiger charge is -2.15. The van der Waals surface area contributed by atoms with Gasteiger partial charge in [0, 0.05) is 25.4 Å². The lowest BCUT2D eigenvalue weighted by molar-refractivity contribution is -0.144. The van der Waals surface area contributed by atoms with Gasteiger partial charge in [0.15, 0.2) is 0 Å². The highest BCUT2D eigenvalue weighted by Gasteiger charge is 2.10. The van der Waals surface area contributed by atoms with Crippen molar-refractivity contribution >= 4 is 11.8 Å². The monoisotopic (exact) mass is 278 g/mol. The van der Waals surface area contributed by atoms with Gasteiger partial charge in [-0.2, -0.15) is 0 Å². The first kappa shape index (κ1) is 16.3. The summed E-state index contributed by atoms with van der Waals surface area (Å²) in [7, 11) is 1.91. The molecule has 0 radical (unpaired) electrons. The van der Waals surface area contributed by atoms with Crippen LogP contribution in [0.5, 0.6) is 0 Å². The van der Waals surface area contributed by atoms with Crippen molar-refractivity contribution in [3.63, 3.8) is 0 Å². The summed E-state index contributed by atoms with van der Waals surface area (Å²) in [6, 6.07) is 3.94. The molecule has 0 N–H and O–H groups in total. The number of likely N-dealkylation sites (N-methyl/N-ethyl adjacent to an activating group) is 1. The molecule has 0 unspecified atom stereocenters. The van der Waals surface area contributed by atoms with E-state index in [0.717, 1.165) is 13.0 Å². The van der Waals surface area contributed by atoms with Gasteiger partial charge in [-0.15, -0.1) is 0 Å². The number of esters is 1. The lowest BCUT2D eigenvalue weighted by Crippen LogP contribution is -2.28. The molecule has 5 nitrogen and oxygen atoms in total.